The van der Waals surface area contributed by atoms with Crippen molar-refractivity contribution in [2.75, 3.05) is 41.5 Å². The van der Waals surface area contributed by atoms with Crippen LogP contribution in [0.25, 0.3) is 0 Å². The van der Waals surface area contributed by atoms with Crippen molar-refractivity contribution in [1.82, 2.24) is 9.80 Å². The zero-order valence-corrected chi connectivity index (χ0v) is 19.8. The van der Waals surface area contributed by atoms with E-state index in [0.29, 0.717) is 18.8 Å². The van der Waals surface area contributed by atoms with Gasteiger partial charge in [-0.15, -0.1) is 0 Å². The van der Waals surface area contributed by atoms with Crippen LogP contribution < -0.4 is 0 Å². The molecule has 1 saturated carbocycles. The van der Waals surface area contributed by atoms with Crippen molar-refractivity contribution in [1.29, 1.82) is 0 Å². The van der Waals surface area contributed by atoms with Crippen molar-refractivity contribution < 1.29 is 23.8 Å². The van der Waals surface area contributed by atoms with E-state index < -0.39 is 5.79 Å². The lowest BCUT2D eigenvalue weighted by atomic mass is 9.99. The lowest BCUT2D eigenvalue weighted by molar-refractivity contribution is -0.240. The highest BCUT2D eigenvalue weighted by Crippen LogP contribution is 2.35. The lowest BCUT2D eigenvalue weighted by Crippen LogP contribution is -2.50. The summed E-state index contributed by atoms with van der Waals surface area (Å²) in [6.07, 6.45) is 3.56. The van der Waals surface area contributed by atoms with Crippen LogP contribution in [0.2, 0.25) is 0 Å². The Morgan fingerprint density at radius 3 is 2.00 bits per heavy atom. The molecule has 0 radical (unpaired) electrons. The standard InChI is InChI=1S/C24H38N2O5/c1-7-30-24(31-8-2)15-13-20(25(3)4)21(14-16-24)26(5)22(27)17-18-9-11-19(12-10-18)23(28)29-6/h9-12,20-21H,7-8,13-17H2,1-6H3. The molecule has 0 aromatic heterocycles. The molecule has 0 aliphatic heterocycles. The van der Waals surface area contributed by atoms with Crippen LogP contribution in [0.4, 0.5) is 0 Å². The Morgan fingerprint density at radius 1 is 0.968 bits per heavy atom. The third-order valence-corrected chi connectivity index (χ3v) is 6.19. The summed E-state index contributed by atoms with van der Waals surface area (Å²) in [4.78, 5) is 28.8. The molecule has 2 unspecified atom stereocenters. The molecule has 1 aliphatic carbocycles. The average molecular weight is 435 g/mol. The van der Waals surface area contributed by atoms with Gasteiger partial charge in [0.2, 0.25) is 5.91 Å². The number of nitrogens with zero attached hydrogens (tertiary/aromatic N) is 2. The van der Waals surface area contributed by atoms with Gasteiger partial charge < -0.3 is 24.0 Å². The molecule has 1 aromatic rings. The monoisotopic (exact) mass is 434 g/mol. The third kappa shape index (κ3) is 6.51. The first-order valence-corrected chi connectivity index (χ1v) is 11.1. The lowest BCUT2D eigenvalue weighted by Gasteiger charge is -2.37. The van der Waals surface area contributed by atoms with Crippen molar-refractivity contribution in [2.45, 2.75) is 63.8 Å². The zero-order chi connectivity index (χ0) is 23.0. The molecule has 31 heavy (non-hydrogen) atoms. The van der Waals surface area contributed by atoms with Crippen molar-refractivity contribution in [3.63, 3.8) is 0 Å². The minimum atomic E-state index is -0.569. The van der Waals surface area contributed by atoms with Crippen LogP contribution in [0, 0.1) is 0 Å². The second-order valence-corrected chi connectivity index (χ2v) is 8.32. The number of benzene rings is 1. The second kappa shape index (κ2) is 11.6. The van der Waals surface area contributed by atoms with Crippen LogP contribution in [-0.4, -0.2) is 81.0 Å². The number of rotatable bonds is 9. The van der Waals surface area contributed by atoms with Crippen LogP contribution in [-0.2, 0) is 25.4 Å². The molecule has 174 valence electrons. The molecule has 2 rings (SSSR count). The Labute approximate surface area is 186 Å². The van der Waals surface area contributed by atoms with E-state index in [0.717, 1.165) is 31.2 Å². The summed E-state index contributed by atoms with van der Waals surface area (Å²) in [5.74, 6) is -0.891. The molecule has 1 amide bonds. The first-order chi connectivity index (χ1) is 14.8. The zero-order valence-electron chi connectivity index (χ0n) is 19.8. The van der Waals surface area contributed by atoms with Gasteiger partial charge in [-0.05, 0) is 58.5 Å². The van der Waals surface area contributed by atoms with E-state index in [-0.39, 0.29) is 30.4 Å². The van der Waals surface area contributed by atoms with Crippen LogP contribution in [0.15, 0.2) is 24.3 Å². The van der Waals surface area contributed by atoms with Crippen LogP contribution in [0.5, 0.6) is 0 Å². The fourth-order valence-corrected chi connectivity index (χ4v) is 4.52. The van der Waals surface area contributed by atoms with Gasteiger partial charge >= 0.3 is 5.97 Å². The van der Waals surface area contributed by atoms with Gasteiger partial charge in [0.15, 0.2) is 5.79 Å². The van der Waals surface area contributed by atoms with Gasteiger partial charge in [-0.1, -0.05) is 12.1 Å². The number of carbonyl (C=O) groups is 2. The molecule has 1 aromatic carbocycles. The third-order valence-electron chi connectivity index (χ3n) is 6.19. The Balaban J connectivity index is 2.13. The SMILES string of the molecule is CCOC1(OCC)CCC(N(C)C)C(N(C)C(=O)Cc2ccc(C(=O)OC)cc2)CC1. The van der Waals surface area contributed by atoms with E-state index in [1.807, 2.05) is 37.9 Å². The van der Waals surface area contributed by atoms with Crippen LogP contribution in [0.3, 0.4) is 0 Å². The number of esters is 1. The summed E-state index contributed by atoms with van der Waals surface area (Å²) in [7, 11) is 7.38. The van der Waals surface area contributed by atoms with Crippen molar-refractivity contribution in [3.8, 4) is 0 Å². The Morgan fingerprint density at radius 2 is 1.52 bits per heavy atom. The minimum absolute atomic E-state index is 0.0583. The summed E-state index contributed by atoms with van der Waals surface area (Å²) in [5.41, 5.74) is 1.35. The van der Waals surface area contributed by atoms with Gasteiger partial charge in [0.05, 0.1) is 19.1 Å². The predicted octanol–water partition coefficient (Wildman–Crippen LogP) is 3.12. The molecule has 1 fully saturated rings. The van der Waals surface area contributed by atoms with Crippen LogP contribution in [0.1, 0.15) is 55.5 Å². The molecule has 7 nitrogen and oxygen atoms in total. The van der Waals surface area contributed by atoms with E-state index in [4.69, 9.17) is 14.2 Å². The van der Waals surface area contributed by atoms with E-state index in [1.165, 1.54) is 7.11 Å². The largest absolute Gasteiger partial charge is 0.465 e. The van der Waals surface area contributed by atoms with Crippen molar-refractivity contribution >= 4 is 11.9 Å². The van der Waals surface area contributed by atoms with Crippen molar-refractivity contribution in [3.05, 3.63) is 35.4 Å². The molecule has 0 saturated heterocycles. The van der Waals surface area contributed by atoms with Crippen LogP contribution >= 0.6 is 0 Å². The summed E-state index contributed by atoms with van der Waals surface area (Å²) in [6, 6.07) is 7.30. The fourth-order valence-electron chi connectivity index (χ4n) is 4.52. The quantitative estimate of drug-likeness (QED) is 0.338. The molecule has 0 N–H and O–H groups in total. The van der Waals surface area contributed by atoms with Gasteiger partial charge in [-0.2, -0.15) is 0 Å². The summed E-state index contributed by atoms with van der Waals surface area (Å²) in [5, 5.41) is 0. The molecule has 0 bridgehead atoms. The molecule has 0 spiro atoms. The van der Waals surface area contributed by atoms with Gasteiger partial charge in [0, 0.05) is 45.2 Å². The molecular formula is C24H38N2O5. The highest BCUT2D eigenvalue weighted by atomic mass is 16.7. The van der Waals surface area contributed by atoms with E-state index >= 15 is 0 Å². The molecule has 1 aliphatic rings. The first kappa shape index (κ1) is 25.3. The number of ether oxygens (including phenoxy) is 3. The van der Waals surface area contributed by atoms with Crippen molar-refractivity contribution in [2.24, 2.45) is 0 Å². The fraction of sp³-hybridized carbons (Fsp3) is 0.667. The number of carbonyl (C=O) groups excluding carboxylic acids is 2. The minimum Gasteiger partial charge on any atom is -0.465 e. The highest BCUT2D eigenvalue weighted by molar-refractivity contribution is 5.89. The number of hydrogen-bond donors (Lipinski definition) is 0. The Kier molecular flexibility index (Phi) is 9.47. The Bertz CT molecular complexity index is 713. The summed E-state index contributed by atoms with van der Waals surface area (Å²) < 4.78 is 16.9. The molecule has 0 heterocycles. The summed E-state index contributed by atoms with van der Waals surface area (Å²) in [6.45, 7) is 5.20. The summed E-state index contributed by atoms with van der Waals surface area (Å²) >= 11 is 0. The predicted molar refractivity (Wildman–Crippen MR) is 120 cm³/mol. The average Bonchev–Trinajstić information content (AvgIpc) is 2.94. The van der Waals surface area contributed by atoms with E-state index in [2.05, 4.69) is 19.0 Å². The van der Waals surface area contributed by atoms with E-state index in [1.54, 1.807) is 12.1 Å². The topological polar surface area (TPSA) is 68.3 Å². The van der Waals surface area contributed by atoms with Gasteiger partial charge in [0.25, 0.3) is 0 Å². The van der Waals surface area contributed by atoms with E-state index in [9.17, 15) is 9.59 Å². The number of amides is 1. The maximum absolute atomic E-state index is 13.1. The maximum atomic E-state index is 13.1. The normalized spacial score (nSPS) is 20.9. The number of hydrogen-bond acceptors (Lipinski definition) is 6. The number of methoxy groups -OCH3 is 1. The molecular weight excluding hydrogens is 396 g/mol. The van der Waals surface area contributed by atoms with Gasteiger partial charge in [0.1, 0.15) is 0 Å². The van der Waals surface area contributed by atoms with Gasteiger partial charge in [-0.25, -0.2) is 4.79 Å². The highest BCUT2D eigenvalue weighted by Gasteiger charge is 2.41. The Hall–Kier alpha value is -1.96. The first-order valence-electron chi connectivity index (χ1n) is 11.1. The molecule has 2 atom stereocenters. The smallest absolute Gasteiger partial charge is 0.337 e. The van der Waals surface area contributed by atoms with Gasteiger partial charge in [-0.3, -0.25) is 4.79 Å². The number of likely N-dealkylation sites (N-methyl/N-ethyl adjacent to an activating group) is 2. The maximum Gasteiger partial charge on any atom is 0.337 e. The second-order valence-electron chi connectivity index (χ2n) is 8.32. The molecule has 7 heteroatoms.